The molecule has 204 valence electrons. The number of benzene rings is 1. The fourth-order valence-corrected chi connectivity index (χ4v) is 4.19. The molecule has 0 saturated heterocycles. The van der Waals surface area contributed by atoms with Crippen LogP contribution in [-0.4, -0.2) is 68.7 Å². The lowest BCUT2D eigenvalue weighted by Gasteiger charge is -2.32. The Morgan fingerprint density at radius 3 is 2.36 bits per heavy atom. The van der Waals surface area contributed by atoms with Gasteiger partial charge in [-0.3, -0.25) is 19.8 Å². The van der Waals surface area contributed by atoms with Crippen molar-refractivity contribution in [1.29, 1.82) is 0 Å². The van der Waals surface area contributed by atoms with Crippen molar-refractivity contribution in [3.05, 3.63) is 37.9 Å². The Kier molecular flexibility index (Phi) is 12.4. The Hall–Kier alpha value is -2.08. The van der Waals surface area contributed by atoms with E-state index in [2.05, 4.69) is 19.6 Å². The van der Waals surface area contributed by atoms with E-state index in [1.807, 2.05) is 0 Å². The van der Waals surface area contributed by atoms with Crippen LogP contribution in [0.4, 0.5) is 4.79 Å². The van der Waals surface area contributed by atoms with Crippen LogP contribution in [0.25, 0.3) is 0 Å². The molecule has 10 nitrogen and oxygen atoms in total. The third kappa shape index (κ3) is 11.3. The molecule has 13 heteroatoms. The number of carbonyl (C=O) groups excluding carboxylic acids is 2. The molecule has 0 aliphatic rings. The van der Waals surface area contributed by atoms with Crippen molar-refractivity contribution in [1.82, 2.24) is 4.90 Å². The minimum absolute atomic E-state index is 0.0551. The summed E-state index contributed by atoms with van der Waals surface area (Å²) in [6.45, 7) is 12.1. The van der Waals surface area contributed by atoms with Crippen molar-refractivity contribution in [3.63, 3.8) is 0 Å². The first kappa shape index (κ1) is 31.9. The van der Waals surface area contributed by atoms with E-state index >= 15 is 0 Å². The summed E-state index contributed by atoms with van der Waals surface area (Å²) in [6, 6.07) is 2.51. The Morgan fingerprint density at radius 1 is 1.19 bits per heavy atom. The normalized spacial score (nSPS) is 12.6. The van der Waals surface area contributed by atoms with Gasteiger partial charge in [0.2, 0.25) is 6.54 Å². The van der Waals surface area contributed by atoms with Gasteiger partial charge in [0, 0.05) is 25.2 Å². The molecule has 1 aromatic carbocycles. The summed E-state index contributed by atoms with van der Waals surface area (Å²) in [7, 11) is -1.32. The Morgan fingerprint density at radius 2 is 1.83 bits per heavy atom. The summed E-state index contributed by atoms with van der Waals surface area (Å²) in [5.41, 5.74) is -0.880. The number of amides is 1. The van der Waals surface area contributed by atoms with Gasteiger partial charge >= 0.3 is 12.1 Å². The Labute approximate surface area is 223 Å². The zero-order chi connectivity index (χ0) is 27.7. The smallest absolute Gasteiger partial charge is 0.411 e. The van der Waals surface area contributed by atoms with Crippen LogP contribution in [-0.2, 0) is 19.0 Å². The molecule has 0 saturated carbocycles. The van der Waals surface area contributed by atoms with E-state index in [9.17, 15) is 19.7 Å². The molecule has 36 heavy (non-hydrogen) atoms. The molecule has 0 aromatic heterocycles. The summed E-state index contributed by atoms with van der Waals surface area (Å²) in [6.07, 6.45) is -0.962. The van der Waals surface area contributed by atoms with Crippen molar-refractivity contribution in [3.8, 4) is 5.75 Å². The third-order valence-electron chi connectivity index (χ3n) is 4.65. The van der Waals surface area contributed by atoms with Crippen LogP contribution in [0.15, 0.2) is 12.1 Å². The largest absolute Gasteiger partial charge is 0.467 e. The van der Waals surface area contributed by atoms with E-state index in [4.69, 9.17) is 42.1 Å². The van der Waals surface area contributed by atoms with E-state index in [1.165, 1.54) is 12.1 Å². The second kappa shape index (κ2) is 14.0. The molecule has 0 heterocycles. The average Bonchev–Trinajstić information content (AvgIpc) is 2.71. The zero-order valence-corrected chi connectivity index (χ0v) is 24.4. The fraction of sp³-hybridized carbons (Fsp3) is 0.652. The number of ether oxygens (including phenoxy) is 4. The lowest BCUT2D eigenvalue weighted by molar-refractivity contribution is -0.487. The first-order valence-corrected chi connectivity index (χ1v) is 16.0. The lowest BCUT2D eigenvalue weighted by atomic mass is 10.0. The van der Waals surface area contributed by atoms with Gasteiger partial charge in [0.25, 0.3) is 0 Å². The van der Waals surface area contributed by atoms with E-state index in [0.717, 1.165) is 10.9 Å². The number of esters is 1. The topological polar surface area (TPSA) is 117 Å². The maximum Gasteiger partial charge on any atom is 0.411 e. The second-order valence-corrected chi connectivity index (χ2v) is 16.6. The summed E-state index contributed by atoms with van der Waals surface area (Å²) < 4.78 is 21.8. The first-order chi connectivity index (χ1) is 16.6. The van der Waals surface area contributed by atoms with Crippen molar-refractivity contribution < 1.29 is 33.5 Å². The van der Waals surface area contributed by atoms with Gasteiger partial charge in [-0.1, -0.05) is 42.8 Å². The summed E-state index contributed by atoms with van der Waals surface area (Å²) in [5, 5.41) is 11.7. The van der Waals surface area contributed by atoms with Gasteiger partial charge in [-0.25, -0.2) is 4.79 Å². The number of hydrogen-bond donors (Lipinski definition) is 0. The molecule has 0 aliphatic carbocycles. The molecule has 0 bridgehead atoms. The third-order valence-corrected chi connectivity index (χ3v) is 7.17. The van der Waals surface area contributed by atoms with Crippen molar-refractivity contribution >= 4 is 43.3 Å². The van der Waals surface area contributed by atoms with E-state index < -0.39 is 49.8 Å². The van der Waals surface area contributed by atoms with Crippen LogP contribution < -0.4 is 4.74 Å². The Bertz CT molecular complexity index is 919. The molecule has 0 aliphatic heterocycles. The molecular formula is C23H36Cl2N2O8Si. The van der Waals surface area contributed by atoms with Crippen molar-refractivity contribution in [2.75, 3.05) is 33.1 Å². The molecule has 0 N–H and O–H groups in total. The summed E-state index contributed by atoms with van der Waals surface area (Å²) in [4.78, 5) is 37.4. The molecule has 0 radical (unpaired) electrons. The van der Waals surface area contributed by atoms with E-state index in [0.29, 0.717) is 6.61 Å². The average molecular weight is 568 g/mol. The van der Waals surface area contributed by atoms with Gasteiger partial charge in [0.15, 0.2) is 6.79 Å². The zero-order valence-electron chi connectivity index (χ0n) is 21.9. The molecule has 0 spiro atoms. The van der Waals surface area contributed by atoms with Gasteiger partial charge in [0.05, 0.1) is 16.7 Å². The highest BCUT2D eigenvalue weighted by Crippen LogP contribution is 2.40. The van der Waals surface area contributed by atoms with Crippen LogP contribution in [0.1, 0.15) is 39.3 Å². The fourth-order valence-electron chi connectivity index (χ4n) is 2.98. The van der Waals surface area contributed by atoms with Crippen LogP contribution in [0, 0.1) is 10.1 Å². The molecule has 1 rings (SSSR count). The number of nitro groups is 1. The number of nitrogens with zero attached hydrogens (tertiary/aromatic N) is 2. The molecule has 1 unspecified atom stereocenters. The van der Waals surface area contributed by atoms with Gasteiger partial charge in [-0.2, -0.15) is 0 Å². The highest BCUT2D eigenvalue weighted by atomic mass is 35.5. The minimum Gasteiger partial charge on any atom is -0.467 e. The highest BCUT2D eigenvalue weighted by Gasteiger charge is 2.38. The van der Waals surface area contributed by atoms with Gasteiger partial charge in [-0.05, 0) is 45.9 Å². The standard InChI is InChI=1S/C23H36Cl2N2O8Si/c1-8-33-19(28)14-26(22(29)35-23(2,3)4)17(13-27(30)31)20-18(10-9-16(24)21(20)25)34-15-32-11-12-36(5,6)7/h9-10,17H,8,11-15H2,1-7H3. The number of halogens is 2. The number of rotatable bonds is 13. The highest BCUT2D eigenvalue weighted by molar-refractivity contribution is 6.76. The van der Waals surface area contributed by atoms with Crippen LogP contribution >= 0.6 is 23.2 Å². The predicted molar refractivity (Wildman–Crippen MR) is 140 cm³/mol. The minimum atomic E-state index is -1.36. The van der Waals surface area contributed by atoms with Crippen LogP contribution in [0.3, 0.4) is 0 Å². The maximum atomic E-state index is 13.1. The molecule has 1 atom stereocenters. The molecule has 1 aromatic rings. The molecule has 1 amide bonds. The van der Waals surface area contributed by atoms with Crippen LogP contribution in [0.5, 0.6) is 5.75 Å². The van der Waals surface area contributed by atoms with E-state index in [-0.39, 0.29) is 34.8 Å². The summed E-state index contributed by atoms with van der Waals surface area (Å²) >= 11 is 12.7. The molecular weight excluding hydrogens is 531 g/mol. The van der Waals surface area contributed by atoms with Gasteiger partial charge in [-0.15, -0.1) is 0 Å². The monoisotopic (exact) mass is 566 g/mol. The predicted octanol–water partition coefficient (Wildman–Crippen LogP) is 5.80. The van der Waals surface area contributed by atoms with E-state index in [1.54, 1.807) is 27.7 Å². The second-order valence-electron chi connectivity index (χ2n) is 10.2. The van der Waals surface area contributed by atoms with Crippen molar-refractivity contribution in [2.45, 2.75) is 65.0 Å². The van der Waals surface area contributed by atoms with Gasteiger partial charge in [0.1, 0.15) is 23.9 Å². The number of carbonyl (C=O) groups is 2. The lowest BCUT2D eigenvalue weighted by Crippen LogP contribution is -2.44. The quantitative estimate of drug-likeness (QED) is 0.0733. The Balaban J connectivity index is 3.45. The maximum absolute atomic E-state index is 13.1. The van der Waals surface area contributed by atoms with Gasteiger partial charge < -0.3 is 18.9 Å². The molecule has 0 fully saturated rings. The first-order valence-electron chi connectivity index (χ1n) is 11.5. The number of hydrogen-bond acceptors (Lipinski definition) is 8. The SMILES string of the molecule is CCOC(=O)CN(C(=O)OC(C)(C)C)C(C[N+](=O)[O-])c1c(OCOCC[Si](C)(C)C)ccc(Cl)c1Cl. The van der Waals surface area contributed by atoms with Crippen LogP contribution in [0.2, 0.25) is 35.7 Å². The summed E-state index contributed by atoms with van der Waals surface area (Å²) in [5.74, 6) is -0.645. The van der Waals surface area contributed by atoms with Crippen molar-refractivity contribution in [2.24, 2.45) is 0 Å².